The number of carbonyl (C=O) groups is 3. The van der Waals surface area contributed by atoms with E-state index in [9.17, 15) is 14.4 Å². The lowest BCUT2D eigenvalue weighted by atomic mass is 9.99. The van der Waals surface area contributed by atoms with Crippen LogP contribution < -0.4 is 0 Å². The summed E-state index contributed by atoms with van der Waals surface area (Å²) < 4.78 is 0. The number of nitrogens with zero attached hydrogens (tertiary/aromatic N) is 3. The SMILES string of the molecule is C[C@H](C(=O)N1CC=CCC1c1cccnc1)N1C(=O)c2ccccc2C1=O. The van der Waals surface area contributed by atoms with Gasteiger partial charge in [0.05, 0.1) is 17.2 Å². The molecule has 0 N–H and O–H groups in total. The summed E-state index contributed by atoms with van der Waals surface area (Å²) in [6, 6.07) is 9.41. The van der Waals surface area contributed by atoms with Gasteiger partial charge in [0.25, 0.3) is 11.8 Å². The van der Waals surface area contributed by atoms with E-state index in [-0.39, 0.29) is 11.9 Å². The number of pyridine rings is 1. The van der Waals surface area contributed by atoms with Crippen molar-refractivity contribution in [3.05, 3.63) is 77.6 Å². The van der Waals surface area contributed by atoms with Crippen LogP contribution >= 0.6 is 0 Å². The van der Waals surface area contributed by atoms with Gasteiger partial charge in [-0.25, -0.2) is 0 Å². The first-order chi connectivity index (χ1) is 13.1. The molecule has 6 nitrogen and oxygen atoms in total. The lowest BCUT2D eigenvalue weighted by Gasteiger charge is -2.36. The highest BCUT2D eigenvalue weighted by molar-refractivity contribution is 6.22. The van der Waals surface area contributed by atoms with Crippen molar-refractivity contribution in [2.45, 2.75) is 25.4 Å². The maximum atomic E-state index is 13.2. The Morgan fingerprint density at radius 3 is 2.41 bits per heavy atom. The minimum atomic E-state index is -0.872. The predicted octanol–water partition coefficient (Wildman–Crippen LogP) is 2.60. The molecule has 0 bridgehead atoms. The molecule has 2 aromatic rings. The zero-order valence-corrected chi connectivity index (χ0v) is 14.9. The van der Waals surface area contributed by atoms with Crippen LogP contribution in [0.2, 0.25) is 0 Å². The van der Waals surface area contributed by atoms with E-state index in [1.807, 2.05) is 24.3 Å². The Morgan fingerprint density at radius 2 is 1.78 bits per heavy atom. The third-order valence-electron chi connectivity index (χ3n) is 5.13. The summed E-state index contributed by atoms with van der Waals surface area (Å²) in [5.74, 6) is -1.08. The van der Waals surface area contributed by atoms with E-state index in [1.165, 1.54) is 0 Å². The third kappa shape index (κ3) is 2.83. The number of aromatic nitrogens is 1. The van der Waals surface area contributed by atoms with Gasteiger partial charge in [0.2, 0.25) is 5.91 Å². The number of rotatable bonds is 3. The number of carbonyl (C=O) groups excluding carboxylic acids is 3. The summed E-state index contributed by atoms with van der Waals surface area (Å²) in [7, 11) is 0. The van der Waals surface area contributed by atoms with Gasteiger partial charge < -0.3 is 4.90 Å². The van der Waals surface area contributed by atoms with E-state index in [1.54, 1.807) is 48.5 Å². The summed E-state index contributed by atoms with van der Waals surface area (Å²) in [6.07, 6.45) is 8.08. The predicted molar refractivity (Wildman–Crippen MR) is 98.9 cm³/mol. The van der Waals surface area contributed by atoms with Gasteiger partial charge in [-0.2, -0.15) is 0 Å². The molecular formula is C21H19N3O3. The Balaban J connectivity index is 1.61. The zero-order chi connectivity index (χ0) is 19.0. The number of amides is 3. The van der Waals surface area contributed by atoms with Gasteiger partial charge in [0.15, 0.2) is 0 Å². The molecule has 2 atom stereocenters. The van der Waals surface area contributed by atoms with E-state index < -0.39 is 17.9 Å². The number of hydrogen-bond acceptors (Lipinski definition) is 4. The van der Waals surface area contributed by atoms with Crippen molar-refractivity contribution in [3.8, 4) is 0 Å². The van der Waals surface area contributed by atoms with Crippen LogP contribution in [0.4, 0.5) is 0 Å². The van der Waals surface area contributed by atoms with E-state index in [0.717, 1.165) is 10.5 Å². The maximum absolute atomic E-state index is 13.2. The van der Waals surface area contributed by atoms with Crippen molar-refractivity contribution in [2.24, 2.45) is 0 Å². The molecule has 1 aromatic heterocycles. The van der Waals surface area contributed by atoms with Crippen molar-refractivity contribution in [2.75, 3.05) is 6.54 Å². The molecule has 1 unspecified atom stereocenters. The van der Waals surface area contributed by atoms with Crippen LogP contribution in [-0.2, 0) is 4.79 Å². The minimum Gasteiger partial charge on any atom is -0.330 e. The second kappa shape index (κ2) is 6.79. The first kappa shape index (κ1) is 17.1. The summed E-state index contributed by atoms with van der Waals surface area (Å²) >= 11 is 0. The van der Waals surface area contributed by atoms with Gasteiger partial charge in [-0.15, -0.1) is 0 Å². The number of hydrogen-bond donors (Lipinski definition) is 0. The molecular weight excluding hydrogens is 342 g/mol. The Kier molecular flexibility index (Phi) is 4.32. The standard InChI is InChI=1S/C21H19N3O3/c1-14(24-20(26)16-8-2-3-9-17(16)21(24)27)19(25)23-12-5-4-10-18(23)15-7-6-11-22-13-15/h2-9,11,13-14,18H,10,12H2,1H3/t14-,18?/m1/s1. The van der Waals surface area contributed by atoms with Gasteiger partial charge in [0.1, 0.15) is 6.04 Å². The molecule has 3 heterocycles. The molecule has 1 aromatic carbocycles. The van der Waals surface area contributed by atoms with E-state index in [2.05, 4.69) is 4.98 Å². The molecule has 27 heavy (non-hydrogen) atoms. The van der Waals surface area contributed by atoms with Crippen LogP contribution in [0, 0.1) is 0 Å². The van der Waals surface area contributed by atoms with Crippen molar-refractivity contribution < 1.29 is 14.4 Å². The second-order valence-electron chi connectivity index (χ2n) is 6.70. The minimum absolute atomic E-state index is 0.158. The monoisotopic (exact) mass is 361 g/mol. The van der Waals surface area contributed by atoms with Crippen LogP contribution in [0.5, 0.6) is 0 Å². The van der Waals surface area contributed by atoms with E-state index in [0.29, 0.717) is 24.1 Å². The lowest BCUT2D eigenvalue weighted by molar-refractivity contribution is -0.137. The molecule has 0 aliphatic carbocycles. The highest BCUT2D eigenvalue weighted by Crippen LogP contribution is 2.30. The van der Waals surface area contributed by atoms with E-state index >= 15 is 0 Å². The van der Waals surface area contributed by atoms with E-state index in [4.69, 9.17) is 0 Å². The lowest BCUT2D eigenvalue weighted by Crippen LogP contribution is -2.50. The van der Waals surface area contributed by atoms with Crippen molar-refractivity contribution in [3.63, 3.8) is 0 Å². The zero-order valence-electron chi connectivity index (χ0n) is 14.9. The normalized spacial score (nSPS) is 20.0. The van der Waals surface area contributed by atoms with Gasteiger partial charge in [-0.1, -0.05) is 30.4 Å². The van der Waals surface area contributed by atoms with Gasteiger partial charge in [-0.05, 0) is 37.1 Å². The molecule has 4 rings (SSSR count). The number of fused-ring (bicyclic) bond motifs is 1. The Labute approximate surface area is 157 Å². The fourth-order valence-electron chi connectivity index (χ4n) is 3.71. The Morgan fingerprint density at radius 1 is 1.07 bits per heavy atom. The summed E-state index contributed by atoms with van der Waals surface area (Å²) in [5.41, 5.74) is 1.64. The first-order valence-corrected chi connectivity index (χ1v) is 8.92. The fourth-order valence-corrected chi connectivity index (χ4v) is 3.71. The summed E-state index contributed by atoms with van der Waals surface area (Å²) in [4.78, 5) is 45.6. The molecule has 136 valence electrons. The van der Waals surface area contributed by atoms with Crippen LogP contribution in [0.1, 0.15) is 45.7 Å². The summed E-state index contributed by atoms with van der Waals surface area (Å²) in [6.45, 7) is 2.05. The molecule has 2 aliphatic heterocycles. The van der Waals surface area contributed by atoms with Crippen LogP contribution in [0.25, 0.3) is 0 Å². The average molecular weight is 361 g/mol. The quantitative estimate of drug-likeness (QED) is 0.622. The largest absolute Gasteiger partial charge is 0.330 e. The second-order valence-corrected chi connectivity index (χ2v) is 6.70. The molecule has 0 saturated carbocycles. The fraction of sp³-hybridized carbons (Fsp3) is 0.238. The molecule has 3 amide bonds. The molecule has 0 saturated heterocycles. The molecule has 0 radical (unpaired) electrons. The highest BCUT2D eigenvalue weighted by atomic mass is 16.2. The van der Waals surface area contributed by atoms with Crippen LogP contribution in [0.3, 0.4) is 0 Å². The molecule has 2 aliphatic rings. The Hall–Kier alpha value is -3.28. The maximum Gasteiger partial charge on any atom is 0.262 e. The number of imide groups is 1. The Bertz CT molecular complexity index is 904. The van der Waals surface area contributed by atoms with Crippen molar-refractivity contribution >= 4 is 17.7 Å². The van der Waals surface area contributed by atoms with Gasteiger partial charge in [-0.3, -0.25) is 24.3 Å². The van der Waals surface area contributed by atoms with Crippen molar-refractivity contribution in [1.29, 1.82) is 0 Å². The summed E-state index contributed by atoms with van der Waals surface area (Å²) in [5, 5.41) is 0. The van der Waals surface area contributed by atoms with Crippen molar-refractivity contribution in [1.82, 2.24) is 14.8 Å². The first-order valence-electron chi connectivity index (χ1n) is 8.92. The smallest absolute Gasteiger partial charge is 0.262 e. The van der Waals surface area contributed by atoms with Gasteiger partial charge >= 0.3 is 0 Å². The molecule has 6 heteroatoms. The van der Waals surface area contributed by atoms with Crippen LogP contribution in [0.15, 0.2) is 60.9 Å². The molecule has 0 fully saturated rings. The van der Waals surface area contributed by atoms with Crippen LogP contribution in [-0.4, -0.2) is 45.1 Å². The topological polar surface area (TPSA) is 70.6 Å². The molecule has 0 spiro atoms. The average Bonchev–Trinajstić information content (AvgIpc) is 2.98. The third-order valence-corrected chi connectivity index (χ3v) is 5.13. The highest BCUT2D eigenvalue weighted by Gasteiger charge is 2.42. The number of benzene rings is 1. The van der Waals surface area contributed by atoms with Gasteiger partial charge in [0, 0.05) is 18.9 Å².